The van der Waals surface area contributed by atoms with E-state index in [0.29, 0.717) is 17.1 Å². The minimum atomic E-state index is -0.566. The first-order valence-electron chi connectivity index (χ1n) is 6.89. The first kappa shape index (κ1) is 16.3. The molecule has 0 spiro atoms. The molecule has 2 aromatic rings. The van der Waals surface area contributed by atoms with Crippen molar-refractivity contribution in [1.29, 1.82) is 0 Å². The normalized spacial score (nSPS) is 9.78. The van der Waals surface area contributed by atoms with Crippen LogP contribution >= 0.6 is 0 Å². The molecule has 23 heavy (non-hydrogen) atoms. The van der Waals surface area contributed by atoms with Gasteiger partial charge in [-0.1, -0.05) is 24.3 Å². The Labute approximate surface area is 134 Å². The van der Waals surface area contributed by atoms with Crippen molar-refractivity contribution in [2.45, 2.75) is 6.92 Å². The molecular weight excluding hydrogens is 296 g/mol. The Kier molecular flexibility index (Phi) is 5.52. The number of rotatable bonds is 6. The van der Waals surface area contributed by atoms with Crippen molar-refractivity contribution in [2.24, 2.45) is 0 Å². The highest BCUT2D eigenvalue weighted by atomic mass is 16.7. The van der Waals surface area contributed by atoms with E-state index in [-0.39, 0.29) is 6.79 Å². The summed E-state index contributed by atoms with van der Waals surface area (Å²) in [6.07, 6.45) is 1.05. The Hall–Kier alpha value is -3.08. The first-order valence-corrected chi connectivity index (χ1v) is 6.89. The molecule has 0 unspecified atom stereocenters. The molecule has 0 fully saturated rings. The Morgan fingerprint density at radius 2 is 1.61 bits per heavy atom. The quantitative estimate of drug-likeness (QED) is 0.354. The van der Waals surface area contributed by atoms with Crippen LogP contribution in [0.25, 0.3) is 0 Å². The number of ether oxygens (including phenoxy) is 3. The maximum Gasteiger partial charge on any atom is 0.343 e. The van der Waals surface area contributed by atoms with Crippen molar-refractivity contribution in [2.75, 3.05) is 6.79 Å². The van der Waals surface area contributed by atoms with E-state index in [1.807, 2.05) is 19.1 Å². The molecule has 0 atom stereocenters. The minimum absolute atomic E-state index is 0.224. The van der Waals surface area contributed by atoms with Gasteiger partial charge in [0.1, 0.15) is 11.5 Å². The summed E-state index contributed by atoms with van der Waals surface area (Å²) < 4.78 is 15.2. The van der Waals surface area contributed by atoms with Gasteiger partial charge in [-0.05, 0) is 43.3 Å². The third-order valence-corrected chi connectivity index (χ3v) is 2.91. The molecule has 0 aliphatic rings. The van der Waals surface area contributed by atoms with Gasteiger partial charge in [0.2, 0.25) is 6.79 Å². The van der Waals surface area contributed by atoms with Crippen molar-refractivity contribution in [3.05, 3.63) is 72.3 Å². The molecule has 0 heterocycles. The smallest absolute Gasteiger partial charge is 0.343 e. The second-order valence-corrected chi connectivity index (χ2v) is 4.66. The lowest BCUT2D eigenvalue weighted by molar-refractivity contribution is -0.144. The van der Waals surface area contributed by atoms with Crippen LogP contribution in [0.4, 0.5) is 0 Å². The molecule has 118 valence electrons. The van der Waals surface area contributed by atoms with Crippen LogP contribution in [0.3, 0.4) is 0 Å². The van der Waals surface area contributed by atoms with Gasteiger partial charge in [-0.25, -0.2) is 9.59 Å². The summed E-state index contributed by atoms with van der Waals surface area (Å²) in [6.45, 7) is 5.01. The standard InChI is InChI=1S/C18H16O5/c1-3-17(19)22-12-21-15-10-6-14(7-11-15)18(20)23-16-8-4-13(2)5-9-16/h3-11H,1,12H2,2H3. The molecular formula is C18H16O5. The lowest BCUT2D eigenvalue weighted by atomic mass is 10.2. The van der Waals surface area contributed by atoms with Crippen LogP contribution in [0, 0.1) is 6.92 Å². The van der Waals surface area contributed by atoms with E-state index in [9.17, 15) is 9.59 Å². The van der Waals surface area contributed by atoms with E-state index < -0.39 is 11.9 Å². The zero-order valence-corrected chi connectivity index (χ0v) is 12.7. The summed E-state index contributed by atoms with van der Waals surface area (Å²) in [4.78, 5) is 22.9. The van der Waals surface area contributed by atoms with Gasteiger partial charge in [0.05, 0.1) is 5.56 Å². The number of benzene rings is 2. The van der Waals surface area contributed by atoms with E-state index in [0.717, 1.165) is 11.6 Å². The van der Waals surface area contributed by atoms with Crippen LogP contribution < -0.4 is 9.47 Å². The van der Waals surface area contributed by atoms with Crippen molar-refractivity contribution >= 4 is 11.9 Å². The highest BCUT2D eigenvalue weighted by Crippen LogP contribution is 2.16. The van der Waals surface area contributed by atoms with Crippen LogP contribution in [-0.4, -0.2) is 18.7 Å². The van der Waals surface area contributed by atoms with E-state index in [4.69, 9.17) is 14.2 Å². The fourth-order valence-electron chi connectivity index (χ4n) is 1.67. The van der Waals surface area contributed by atoms with Gasteiger partial charge < -0.3 is 14.2 Å². The van der Waals surface area contributed by atoms with Gasteiger partial charge >= 0.3 is 11.9 Å². The highest BCUT2D eigenvalue weighted by molar-refractivity contribution is 5.91. The van der Waals surface area contributed by atoms with Gasteiger partial charge in [-0.3, -0.25) is 0 Å². The van der Waals surface area contributed by atoms with Gasteiger partial charge in [-0.15, -0.1) is 0 Å². The maximum atomic E-state index is 12.0. The van der Waals surface area contributed by atoms with E-state index in [1.165, 1.54) is 0 Å². The van der Waals surface area contributed by atoms with Crippen molar-refractivity contribution in [3.8, 4) is 11.5 Å². The maximum absolute atomic E-state index is 12.0. The molecule has 2 aromatic carbocycles. The number of aryl methyl sites for hydroxylation is 1. The van der Waals surface area contributed by atoms with Crippen molar-refractivity contribution < 1.29 is 23.8 Å². The Morgan fingerprint density at radius 1 is 1.00 bits per heavy atom. The average Bonchev–Trinajstić information content (AvgIpc) is 2.57. The summed E-state index contributed by atoms with van der Waals surface area (Å²) in [6, 6.07) is 13.5. The zero-order valence-electron chi connectivity index (χ0n) is 12.7. The minimum Gasteiger partial charge on any atom is -0.457 e. The lowest BCUT2D eigenvalue weighted by Gasteiger charge is -2.07. The van der Waals surface area contributed by atoms with Gasteiger partial charge in [0.15, 0.2) is 0 Å². The summed E-state index contributed by atoms with van der Waals surface area (Å²) in [5.74, 6) is -0.0761. The van der Waals surface area contributed by atoms with Crippen LogP contribution in [0.1, 0.15) is 15.9 Å². The third-order valence-electron chi connectivity index (χ3n) is 2.91. The van der Waals surface area contributed by atoms with Gasteiger partial charge in [0.25, 0.3) is 0 Å². The van der Waals surface area contributed by atoms with Crippen LogP contribution in [0.2, 0.25) is 0 Å². The van der Waals surface area contributed by atoms with Gasteiger partial charge in [0, 0.05) is 6.08 Å². The summed E-state index contributed by atoms with van der Waals surface area (Å²) >= 11 is 0. The Morgan fingerprint density at radius 3 is 2.22 bits per heavy atom. The molecule has 2 rings (SSSR count). The molecule has 5 heteroatoms. The van der Waals surface area contributed by atoms with Crippen LogP contribution in [-0.2, 0) is 9.53 Å². The predicted molar refractivity (Wildman–Crippen MR) is 84.4 cm³/mol. The summed E-state index contributed by atoms with van der Waals surface area (Å²) in [5.41, 5.74) is 1.48. The number of carbonyl (C=O) groups excluding carboxylic acids is 2. The number of esters is 2. The molecule has 0 bridgehead atoms. The molecule has 0 amide bonds. The molecule has 0 radical (unpaired) electrons. The Balaban J connectivity index is 1.90. The molecule has 0 aromatic heterocycles. The summed E-state index contributed by atoms with van der Waals surface area (Å²) in [7, 11) is 0. The number of hydrogen-bond donors (Lipinski definition) is 0. The van der Waals surface area contributed by atoms with Crippen LogP contribution in [0.15, 0.2) is 61.2 Å². The average molecular weight is 312 g/mol. The fourth-order valence-corrected chi connectivity index (χ4v) is 1.67. The molecule has 0 aliphatic carbocycles. The van der Waals surface area contributed by atoms with E-state index in [1.54, 1.807) is 36.4 Å². The van der Waals surface area contributed by atoms with Crippen molar-refractivity contribution in [3.63, 3.8) is 0 Å². The molecule has 0 saturated carbocycles. The van der Waals surface area contributed by atoms with Gasteiger partial charge in [-0.2, -0.15) is 0 Å². The largest absolute Gasteiger partial charge is 0.457 e. The van der Waals surface area contributed by atoms with Crippen molar-refractivity contribution in [1.82, 2.24) is 0 Å². The molecule has 0 N–H and O–H groups in total. The predicted octanol–water partition coefficient (Wildman–Crippen LogP) is 3.28. The topological polar surface area (TPSA) is 61.8 Å². The number of carbonyl (C=O) groups is 2. The Bertz CT molecular complexity index is 686. The summed E-state index contributed by atoms with van der Waals surface area (Å²) in [5, 5.41) is 0. The monoisotopic (exact) mass is 312 g/mol. The van der Waals surface area contributed by atoms with Crippen LogP contribution in [0.5, 0.6) is 11.5 Å². The highest BCUT2D eigenvalue weighted by Gasteiger charge is 2.08. The molecule has 5 nitrogen and oxygen atoms in total. The zero-order chi connectivity index (χ0) is 16.7. The molecule has 0 saturated heterocycles. The lowest BCUT2D eigenvalue weighted by Crippen LogP contribution is -2.09. The first-order chi connectivity index (χ1) is 11.1. The SMILES string of the molecule is C=CC(=O)OCOc1ccc(C(=O)Oc2ccc(C)cc2)cc1. The fraction of sp³-hybridized carbons (Fsp3) is 0.111. The van der Waals surface area contributed by atoms with E-state index >= 15 is 0 Å². The van der Waals surface area contributed by atoms with E-state index in [2.05, 4.69) is 6.58 Å². The molecule has 0 aliphatic heterocycles. The second-order valence-electron chi connectivity index (χ2n) is 4.66. The number of hydrogen-bond acceptors (Lipinski definition) is 5. The third kappa shape index (κ3) is 5.00. The second kappa shape index (κ2) is 7.79.